The van der Waals surface area contributed by atoms with Crippen LogP contribution in [0.5, 0.6) is 0 Å². The molecule has 1 amide bonds. The molecule has 2 rings (SSSR count). The van der Waals surface area contributed by atoms with Gasteiger partial charge in [0.1, 0.15) is 0 Å². The van der Waals surface area contributed by atoms with Gasteiger partial charge >= 0.3 is 0 Å². The highest BCUT2D eigenvalue weighted by Crippen LogP contribution is 2.17. The molecular weight excluding hydrogens is 204 g/mol. The fourth-order valence-electron chi connectivity index (χ4n) is 2.37. The monoisotopic (exact) mass is 226 g/mol. The molecule has 0 radical (unpaired) electrons. The first-order valence-electron chi connectivity index (χ1n) is 6.08. The first-order chi connectivity index (χ1) is 7.60. The molecule has 2 heterocycles. The predicted octanol–water partition coefficient (Wildman–Crippen LogP) is -1.24. The van der Waals surface area contributed by atoms with E-state index in [0.717, 1.165) is 39.3 Å². The number of carbonyl (C=O) groups is 1. The van der Waals surface area contributed by atoms with Crippen molar-refractivity contribution in [2.75, 3.05) is 39.3 Å². The maximum absolute atomic E-state index is 11.8. The van der Waals surface area contributed by atoms with E-state index in [2.05, 4.69) is 20.9 Å². The molecule has 5 heteroatoms. The summed E-state index contributed by atoms with van der Waals surface area (Å²) in [4.78, 5) is 14.1. The maximum atomic E-state index is 11.8. The molecule has 0 aromatic carbocycles. The summed E-state index contributed by atoms with van der Waals surface area (Å²) in [6, 6.07) is 0.457. The minimum atomic E-state index is -0.378. The molecule has 2 aliphatic rings. The van der Waals surface area contributed by atoms with Crippen LogP contribution in [0.2, 0.25) is 0 Å². The molecule has 16 heavy (non-hydrogen) atoms. The minimum absolute atomic E-state index is 0.141. The van der Waals surface area contributed by atoms with E-state index < -0.39 is 0 Å². The second kappa shape index (κ2) is 4.69. The van der Waals surface area contributed by atoms with Crippen LogP contribution >= 0.6 is 0 Å². The SMILES string of the molecule is CC1(C)C(=O)NCCN1C[C@H]1CNCCN1. The van der Waals surface area contributed by atoms with Gasteiger partial charge in [0.15, 0.2) is 0 Å². The summed E-state index contributed by atoms with van der Waals surface area (Å²) in [5, 5.41) is 9.78. The van der Waals surface area contributed by atoms with Gasteiger partial charge in [0.05, 0.1) is 5.54 Å². The van der Waals surface area contributed by atoms with Gasteiger partial charge in [-0.05, 0) is 13.8 Å². The largest absolute Gasteiger partial charge is 0.353 e. The number of nitrogens with zero attached hydrogens (tertiary/aromatic N) is 1. The van der Waals surface area contributed by atoms with Crippen LogP contribution in [0.4, 0.5) is 0 Å². The van der Waals surface area contributed by atoms with Crippen molar-refractivity contribution in [2.24, 2.45) is 0 Å². The summed E-state index contributed by atoms with van der Waals surface area (Å²) >= 11 is 0. The van der Waals surface area contributed by atoms with Gasteiger partial charge in [0.2, 0.25) is 5.91 Å². The molecule has 0 aromatic heterocycles. The molecule has 0 saturated carbocycles. The van der Waals surface area contributed by atoms with Crippen LogP contribution in [0.15, 0.2) is 0 Å². The average molecular weight is 226 g/mol. The predicted molar refractivity (Wildman–Crippen MR) is 63.3 cm³/mol. The van der Waals surface area contributed by atoms with E-state index in [9.17, 15) is 4.79 Å². The molecular formula is C11H22N4O. The number of nitrogens with one attached hydrogen (secondary N) is 3. The molecule has 0 spiro atoms. The van der Waals surface area contributed by atoms with Crippen molar-refractivity contribution in [1.82, 2.24) is 20.9 Å². The Kier molecular flexibility index (Phi) is 3.47. The van der Waals surface area contributed by atoms with E-state index in [1.54, 1.807) is 0 Å². The lowest BCUT2D eigenvalue weighted by Gasteiger charge is -2.43. The van der Waals surface area contributed by atoms with Crippen molar-refractivity contribution in [3.05, 3.63) is 0 Å². The van der Waals surface area contributed by atoms with E-state index in [-0.39, 0.29) is 11.4 Å². The van der Waals surface area contributed by atoms with Gasteiger partial charge in [-0.3, -0.25) is 9.69 Å². The fourth-order valence-corrected chi connectivity index (χ4v) is 2.37. The number of rotatable bonds is 2. The van der Waals surface area contributed by atoms with Crippen LogP contribution in [0, 0.1) is 0 Å². The van der Waals surface area contributed by atoms with Gasteiger partial charge in [-0.1, -0.05) is 0 Å². The summed E-state index contributed by atoms with van der Waals surface area (Å²) in [6.07, 6.45) is 0. The second-order valence-corrected chi connectivity index (χ2v) is 5.12. The highest BCUT2D eigenvalue weighted by atomic mass is 16.2. The lowest BCUT2D eigenvalue weighted by Crippen LogP contribution is -2.65. The zero-order valence-electron chi connectivity index (χ0n) is 10.2. The molecule has 0 unspecified atom stereocenters. The second-order valence-electron chi connectivity index (χ2n) is 5.12. The Labute approximate surface area is 96.9 Å². The molecule has 0 bridgehead atoms. The molecule has 0 aromatic rings. The lowest BCUT2D eigenvalue weighted by atomic mass is 9.98. The van der Waals surface area contributed by atoms with E-state index in [0.29, 0.717) is 6.04 Å². The van der Waals surface area contributed by atoms with Crippen LogP contribution in [-0.4, -0.2) is 61.7 Å². The summed E-state index contributed by atoms with van der Waals surface area (Å²) in [7, 11) is 0. The highest BCUT2D eigenvalue weighted by Gasteiger charge is 2.38. The summed E-state index contributed by atoms with van der Waals surface area (Å²) in [5.74, 6) is 0.141. The van der Waals surface area contributed by atoms with Gasteiger partial charge in [0, 0.05) is 45.3 Å². The smallest absolute Gasteiger partial charge is 0.240 e. The zero-order chi connectivity index (χ0) is 11.6. The van der Waals surface area contributed by atoms with Gasteiger partial charge < -0.3 is 16.0 Å². The lowest BCUT2D eigenvalue weighted by molar-refractivity contribution is -0.135. The Morgan fingerprint density at radius 2 is 2.19 bits per heavy atom. The molecule has 2 saturated heterocycles. The summed E-state index contributed by atoms with van der Waals surface area (Å²) in [6.45, 7) is 9.70. The molecule has 2 aliphatic heterocycles. The van der Waals surface area contributed by atoms with Crippen molar-refractivity contribution in [2.45, 2.75) is 25.4 Å². The molecule has 0 aliphatic carbocycles. The topological polar surface area (TPSA) is 56.4 Å². The Morgan fingerprint density at radius 3 is 2.88 bits per heavy atom. The fraction of sp³-hybridized carbons (Fsp3) is 0.909. The van der Waals surface area contributed by atoms with Gasteiger partial charge in [-0.25, -0.2) is 0 Å². The average Bonchev–Trinajstić information content (AvgIpc) is 2.27. The normalized spacial score (nSPS) is 31.1. The van der Waals surface area contributed by atoms with Crippen molar-refractivity contribution in [1.29, 1.82) is 0 Å². The number of piperazine rings is 2. The van der Waals surface area contributed by atoms with Gasteiger partial charge in [-0.15, -0.1) is 0 Å². The Hall–Kier alpha value is -0.650. The molecule has 5 nitrogen and oxygen atoms in total. The number of hydrogen-bond donors (Lipinski definition) is 3. The van der Waals surface area contributed by atoms with E-state index in [1.807, 2.05) is 13.8 Å². The van der Waals surface area contributed by atoms with Crippen LogP contribution in [0.25, 0.3) is 0 Å². The number of hydrogen-bond acceptors (Lipinski definition) is 4. The van der Waals surface area contributed by atoms with Crippen molar-refractivity contribution in [3.63, 3.8) is 0 Å². The van der Waals surface area contributed by atoms with Crippen LogP contribution < -0.4 is 16.0 Å². The summed E-state index contributed by atoms with van der Waals surface area (Å²) in [5.41, 5.74) is -0.378. The molecule has 2 fully saturated rings. The minimum Gasteiger partial charge on any atom is -0.353 e. The molecule has 92 valence electrons. The third-order valence-electron chi connectivity index (χ3n) is 3.58. The first-order valence-corrected chi connectivity index (χ1v) is 6.08. The standard InChI is InChI=1S/C11H22N4O/c1-11(2)10(16)14-5-6-15(11)8-9-7-12-3-4-13-9/h9,12-13H,3-8H2,1-2H3,(H,14,16)/t9-/m1/s1. The Morgan fingerprint density at radius 1 is 1.38 bits per heavy atom. The third-order valence-corrected chi connectivity index (χ3v) is 3.58. The van der Waals surface area contributed by atoms with Crippen LogP contribution in [0.1, 0.15) is 13.8 Å². The maximum Gasteiger partial charge on any atom is 0.240 e. The van der Waals surface area contributed by atoms with Crippen LogP contribution in [-0.2, 0) is 4.79 Å². The van der Waals surface area contributed by atoms with Gasteiger partial charge in [0.25, 0.3) is 0 Å². The van der Waals surface area contributed by atoms with Crippen molar-refractivity contribution >= 4 is 5.91 Å². The van der Waals surface area contributed by atoms with E-state index in [4.69, 9.17) is 0 Å². The van der Waals surface area contributed by atoms with Gasteiger partial charge in [-0.2, -0.15) is 0 Å². The zero-order valence-corrected chi connectivity index (χ0v) is 10.2. The first kappa shape index (κ1) is 11.8. The van der Waals surface area contributed by atoms with Crippen LogP contribution in [0.3, 0.4) is 0 Å². The van der Waals surface area contributed by atoms with E-state index in [1.165, 1.54) is 0 Å². The quantitative estimate of drug-likeness (QED) is 0.551. The number of carbonyl (C=O) groups excluding carboxylic acids is 1. The Balaban J connectivity index is 1.94. The number of amides is 1. The Bertz CT molecular complexity index is 261. The highest BCUT2D eigenvalue weighted by molar-refractivity contribution is 5.86. The third kappa shape index (κ3) is 2.36. The molecule has 3 N–H and O–H groups in total. The van der Waals surface area contributed by atoms with Crippen molar-refractivity contribution < 1.29 is 4.79 Å². The molecule has 1 atom stereocenters. The van der Waals surface area contributed by atoms with Crippen molar-refractivity contribution in [3.8, 4) is 0 Å². The van der Waals surface area contributed by atoms with E-state index >= 15 is 0 Å². The summed E-state index contributed by atoms with van der Waals surface area (Å²) < 4.78 is 0.